The Bertz CT molecular complexity index is 376. The first-order valence-electron chi connectivity index (χ1n) is 4.94. The fourth-order valence-corrected chi connectivity index (χ4v) is 2.25. The number of aliphatic hydroxyl groups excluding tert-OH is 1. The summed E-state index contributed by atoms with van der Waals surface area (Å²) >= 11 is 5.15. The molecule has 0 amide bonds. The van der Waals surface area contributed by atoms with E-state index in [9.17, 15) is 5.11 Å². The Morgan fingerprint density at radius 1 is 1.57 bits per heavy atom. The molecule has 0 unspecified atom stereocenters. The summed E-state index contributed by atoms with van der Waals surface area (Å²) in [7, 11) is 0. The highest BCUT2D eigenvalue weighted by Crippen LogP contribution is 2.36. The highest BCUT2D eigenvalue weighted by molar-refractivity contribution is 7.71. The summed E-state index contributed by atoms with van der Waals surface area (Å²) in [4.78, 5) is 0. The number of rotatable bonds is 2. The second kappa shape index (κ2) is 3.47. The first kappa shape index (κ1) is 9.86. The van der Waals surface area contributed by atoms with Gasteiger partial charge in [-0.1, -0.05) is 0 Å². The molecule has 14 heavy (non-hydrogen) atoms. The Kier molecular flexibility index (Phi) is 2.45. The van der Waals surface area contributed by atoms with E-state index in [2.05, 4.69) is 24.0 Å². The van der Waals surface area contributed by atoms with E-state index in [0.717, 1.165) is 18.7 Å². The van der Waals surface area contributed by atoms with Crippen molar-refractivity contribution in [2.45, 2.75) is 44.8 Å². The minimum Gasteiger partial charge on any atom is -0.393 e. The molecule has 0 aromatic carbocycles. The van der Waals surface area contributed by atoms with Crippen molar-refractivity contribution in [1.29, 1.82) is 0 Å². The molecule has 5 heteroatoms. The zero-order valence-electron chi connectivity index (χ0n) is 8.40. The van der Waals surface area contributed by atoms with Gasteiger partial charge in [0.1, 0.15) is 5.82 Å². The van der Waals surface area contributed by atoms with E-state index in [0.29, 0.717) is 16.7 Å². The van der Waals surface area contributed by atoms with Crippen molar-refractivity contribution in [2.75, 3.05) is 0 Å². The third-order valence-corrected chi connectivity index (χ3v) is 3.01. The lowest BCUT2D eigenvalue weighted by atomic mass is 9.82. The van der Waals surface area contributed by atoms with Crippen molar-refractivity contribution in [2.24, 2.45) is 0 Å². The minimum absolute atomic E-state index is 0.147. The lowest BCUT2D eigenvalue weighted by Crippen LogP contribution is -2.29. The van der Waals surface area contributed by atoms with Gasteiger partial charge in [-0.25, -0.2) is 0 Å². The number of nitrogens with one attached hydrogen (secondary N) is 1. The van der Waals surface area contributed by atoms with Crippen LogP contribution in [0, 0.1) is 4.77 Å². The molecule has 1 aromatic heterocycles. The summed E-state index contributed by atoms with van der Waals surface area (Å²) in [5.41, 5.74) is 0. The quantitative estimate of drug-likeness (QED) is 0.736. The van der Waals surface area contributed by atoms with Crippen molar-refractivity contribution in [3.63, 3.8) is 0 Å². The fraction of sp³-hybridized carbons (Fsp3) is 0.778. The first-order chi connectivity index (χ1) is 6.59. The van der Waals surface area contributed by atoms with Gasteiger partial charge in [0.15, 0.2) is 4.77 Å². The first-order valence-corrected chi connectivity index (χ1v) is 5.35. The van der Waals surface area contributed by atoms with Crippen LogP contribution in [0.15, 0.2) is 0 Å². The Morgan fingerprint density at radius 2 is 2.21 bits per heavy atom. The largest absolute Gasteiger partial charge is 0.393 e. The predicted octanol–water partition coefficient (Wildman–Crippen LogP) is 1.76. The molecule has 2 rings (SSSR count). The molecule has 1 heterocycles. The van der Waals surface area contributed by atoms with Gasteiger partial charge in [-0.05, 0) is 38.9 Å². The molecular weight excluding hydrogens is 198 g/mol. The number of aromatic nitrogens is 3. The van der Waals surface area contributed by atoms with E-state index in [1.165, 1.54) is 0 Å². The predicted molar refractivity (Wildman–Crippen MR) is 55.8 cm³/mol. The Labute approximate surface area is 88.0 Å². The lowest BCUT2D eigenvalue weighted by Gasteiger charge is -2.31. The molecule has 0 aliphatic heterocycles. The van der Waals surface area contributed by atoms with Gasteiger partial charge in [0.2, 0.25) is 0 Å². The standard InChI is InChI=1S/C9H15N3OS/c1-5(2)12-8(10-11-9(12)14)6-3-7(13)4-6/h5-7,13H,3-4H2,1-2H3,(H,11,14). The van der Waals surface area contributed by atoms with Gasteiger partial charge >= 0.3 is 0 Å². The van der Waals surface area contributed by atoms with Crippen LogP contribution in [0.4, 0.5) is 0 Å². The normalized spacial score (nSPS) is 26.6. The molecule has 1 aliphatic rings. The van der Waals surface area contributed by atoms with E-state index in [4.69, 9.17) is 12.2 Å². The number of aromatic amines is 1. The molecule has 1 aliphatic carbocycles. The van der Waals surface area contributed by atoms with Gasteiger partial charge in [0.25, 0.3) is 0 Å². The van der Waals surface area contributed by atoms with Gasteiger partial charge in [0.05, 0.1) is 6.10 Å². The molecular formula is C9H15N3OS. The maximum Gasteiger partial charge on any atom is 0.195 e. The Morgan fingerprint density at radius 3 is 2.71 bits per heavy atom. The summed E-state index contributed by atoms with van der Waals surface area (Å²) < 4.78 is 2.71. The molecule has 0 atom stereocenters. The average Bonchev–Trinajstić information content (AvgIpc) is 2.41. The molecule has 0 bridgehead atoms. The van der Waals surface area contributed by atoms with E-state index in [1.54, 1.807) is 0 Å². The van der Waals surface area contributed by atoms with Crippen molar-refractivity contribution in [3.05, 3.63) is 10.6 Å². The number of hydrogen-bond acceptors (Lipinski definition) is 3. The highest BCUT2D eigenvalue weighted by atomic mass is 32.1. The minimum atomic E-state index is -0.147. The smallest absolute Gasteiger partial charge is 0.195 e. The summed E-state index contributed by atoms with van der Waals surface area (Å²) in [5, 5.41) is 16.3. The van der Waals surface area contributed by atoms with Gasteiger partial charge in [-0.3, -0.25) is 5.10 Å². The number of H-pyrrole nitrogens is 1. The molecule has 0 radical (unpaired) electrons. The van der Waals surface area contributed by atoms with Gasteiger partial charge in [-0.2, -0.15) is 5.10 Å². The number of hydrogen-bond donors (Lipinski definition) is 2. The SMILES string of the molecule is CC(C)n1c(C2CC(O)C2)n[nH]c1=S. The third-order valence-electron chi connectivity index (χ3n) is 2.73. The Hall–Kier alpha value is -0.680. The summed E-state index contributed by atoms with van der Waals surface area (Å²) in [6.45, 7) is 4.17. The van der Waals surface area contributed by atoms with Crippen molar-refractivity contribution < 1.29 is 5.11 Å². The molecule has 78 valence electrons. The van der Waals surface area contributed by atoms with Crippen molar-refractivity contribution in [3.8, 4) is 0 Å². The summed E-state index contributed by atoms with van der Waals surface area (Å²) in [5.74, 6) is 1.37. The van der Waals surface area contributed by atoms with Crippen LogP contribution < -0.4 is 0 Å². The van der Waals surface area contributed by atoms with E-state index >= 15 is 0 Å². The van der Waals surface area contributed by atoms with Crippen LogP contribution in [0.5, 0.6) is 0 Å². The lowest BCUT2D eigenvalue weighted by molar-refractivity contribution is 0.0699. The van der Waals surface area contributed by atoms with E-state index in [1.807, 2.05) is 4.57 Å². The fourth-order valence-electron chi connectivity index (χ4n) is 1.90. The topological polar surface area (TPSA) is 53.8 Å². The van der Waals surface area contributed by atoms with Crippen LogP contribution in [0.25, 0.3) is 0 Å². The van der Waals surface area contributed by atoms with Crippen LogP contribution >= 0.6 is 12.2 Å². The monoisotopic (exact) mass is 213 g/mol. The molecule has 2 N–H and O–H groups in total. The van der Waals surface area contributed by atoms with Gasteiger partial charge < -0.3 is 9.67 Å². The van der Waals surface area contributed by atoms with Gasteiger partial charge in [-0.15, -0.1) is 0 Å². The average molecular weight is 213 g/mol. The van der Waals surface area contributed by atoms with Crippen LogP contribution in [0.2, 0.25) is 0 Å². The molecule has 1 fully saturated rings. The highest BCUT2D eigenvalue weighted by Gasteiger charge is 2.32. The van der Waals surface area contributed by atoms with Gasteiger partial charge in [0, 0.05) is 12.0 Å². The molecule has 4 nitrogen and oxygen atoms in total. The maximum absolute atomic E-state index is 9.24. The second-order valence-electron chi connectivity index (χ2n) is 4.17. The summed E-state index contributed by atoms with van der Waals surface area (Å²) in [6, 6.07) is 0.328. The van der Waals surface area contributed by atoms with Crippen LogP contribution in [0.1, 0.15) is 44.5 Å². The summed E-state index contributed by atoms with van der Waals surface area (Å²) in [6.07, 6.45) is 1.48. The molecule has 1 saturated carbocycles. The molecule has 0 saturated heterocycles. The zero-order valence-corrected chi connectivity index (χ0v) is 9.21. The van der Waals surface area contributed by atoms with E-state index in [-0.39, 0.29) is 6.10 Å². The molecule has 0 spiro atoms. The third kappa shape index (κ3) is 1.50. The van der Waals surface area contributed by atoms with E-state index < -0.39 is 0 Å². The van der Waals surface area contributed by atoms with Crippen LogP contribution in [-0.2, 0) is 0 Å². The number of aliphatic hydroxyl groups is 1. The Balaban J connectivity index is 2.30. The van der Waals surface area contributed by atoms with Crippen LogP contribution in [-0.4, -0.2) is 26.0 Å². The number of nitrogens with zero attached hydrogens (tertiary/aromatic N) is 2. The van der Waals surface area contributed by atoms with Crippen LogP contribution in [0.3, 0.4) is 0 Å². The molecule has 1 aromatic rings. The van der Waals surface area contributed by atoms with Crippen molar-refractivity contribution >= 4 is 12.2 Å². The second-order valence-corrected chi connectivity index (χ2v) is 4.56. The zero-order chi connectivity index (χ0) is 10.3. The maximum atomic E-state index is 9.24. The van der Waals surface area contributed by atoms with Crippen molar-refractivity contribution in [1.82, 2.24) is 14.8 Å².